The number of furan rings is 1. The fraction of sp³-hybridized carbons (Fsp3) is 0.286. The summed E-state index contributed by atoms with van der Waals surface area (Å²) >= 11 is 0. The first-order valence-electron chi connectivity index (χ1n) is 6.00. The molecule has 0 fully saturated rings. The Morgan fingerprint density at radius 3 is 2.30 bits per heavy atom. The molecule has 1 unspecified atom stereocenters. The number of benzene rings is 1. The zero-order valence-corrected chi connectivity index (χ0v) is 10.8. The molecule has 0 aliphatic rings. The van der Waals surface area contributed by atoms with Gasteiger partial charge in [-0.05, 0) is 43.2 Å². The Balaban J connectivity index is 2.00. The van der Waals surface area contributed by atoms with Crippen molar-refractivity contribution in [1.82, 2.24) is 0 Å². The largest absolute Gasteiger partial charge is 0.573 e. The Hall–Kier alpha value is -1.95. The van der Waals surface area contributed by atoms with Crippen LogP contribution in [0.1, 0.15) is 23.1 Å². The van der Waals surface area contributed by atoms with Crippen LogP contribution in [-0.4, -0.2) is 6.36 Å². The molecule has 0 aliphatic heterocycles. The number of hydrogen-bond donors (Lipinski definition) is 1. The van der Waals surface area contributed by atoms with Gasteiger partial charge in [-0.1, -0.05) is 12.1 Å². The van der Waals surface area contributed by atoms with Gasteiger partial charge in [0.15, 0.2) is 0 Å². The lowest BCUT2D eigenvalue weighted by Gasteiger charge is -2.11. The number of alkyl halides is 3. The Morgan fingerprint density at radius 2 is 1.80 bits per heavy atom. The van der Waals surface area contributed by atoms with Gasteiger partial charge >= 0.3 is 6.36 Å². The number of hydrogen-bond acceptors (Lipinski definition) is 3. The summed E-state index contributed by atoms with van der Waals surface area (Å²) in [6, 6.07) is 8.91. The van der Waals surface area contributed by atoms with Gasteiger partial charge in [0, 0.05) is 0 Å². The molecule has 2 aromatic rings. The van der Waals surface area contributed by atoms with Crippen LogP contribution < -0.4 is 10.5 Å². The van der Waals surface area contributed by atoms with Crippen molar-refractivity contribution >= 4 is 0 Å². The van der Waals surface area contributed by atoms with E-state index in [1.807, 2.05) is 13.0 Å². The summed E-state index contributed by atoms with van der Waals surface area (Å²) in [6.45, 7) is 1.82. The average molecular weight is 285 g/mol. The molecule has 0 bridgehead atoms. The average Bonchev–Trinajstić information content (AvgIpc) is 2.77. The van der Waals surface area contributed by atoms with Gasteiger partial charge < -0.3 is 14.9 Å². The summed E-state index contributed by atoms with van der Waals surface area (Å²) in [7, 11) is 0. The van der Waals surface area contributed by atoms with Gasteiger partial charge in [0.2, 0.25) is 0 Å². The maximum Gasteiger partial charge on any atom is 0.573 e. The van der Waals surface area contributed by atoms with Gasteiger partial charge in [-0.3, -0.25) is 0 Å². The lowest BCUT2D eigenvalue weighted by Crippen LogP contribution is -2.17. The SMILES string of the molecule is Cc1ccc(C(N)Cc2ccc(OC(F)(F)F)cc2)o1. The fourth-order valence-electron chi connectivity index (χ4n) is 1.83. The second-order valence-electron chi connectivity index (χ2n) is 4.45. The van der Waals surface area contributed by atoms with E-state index < -0.39 is 6.36 Å². The molecule has 0 aliphatic carbocycles. The number of halogens is 3. The zero-order valence-electron chi connectivity index (χ0n) is 10.8. The van der Waals surface area contributed by atoms with E-state index >= 15 is 0 Å². The molecule has 0 radical (unpaired) electrons. The van der Waals surface area contributed by atoms with Crippen LogP contribution >= 0.6 is 0 Å². The van der Waals surface area contributed by atoms with E-state index in [0.717, 1.165) is 11.3 Å². The van der Waals surface area contributed by atoms with Gasteiger partial charge in [0.25, 0.3) is 0 Å². The molecule has 1 aromatic heterocycles. The van der Waals surface area contributed by atoms with Gasteiger partial charge in [-0.25, -0.2) is 0 Å². The van der Waals surface area contributed by atoms with Crippen LogP contribution in [0.25, 0.3) is 0 Å². The summed E-state index contributed by atoms with van der Waals surface area (Å²) < 4.78 is 45.3. The second-order valence-corrected chi connectivity index (χ2v) is 4.45. The summed E-state index contributed by atoms with van der Waals surface area (Å²) in [5.74, 6) is 1.17. The minimum atomic E-state index is -4.68. The predicted octanol–water partition coefficient (Wildman–Crippen LogP) is 3.73. The van der Waals surface area contributed by atoms with E-state index in [4.69, 9.17) is 10.2 Å². The van der Waals surface area contributed by atoms with E-state index in [0.29, 0.717) is 12.2 Å². The second kappa shape index (κ2) is 5.58. The van der Waals surface area contributed by atoms with E-state index in [9.17, 15) is 13.2 Å². The lowest BCUT2D eigenvalue weighted by molar-refractivity contribution is -0.274. The molecule has 108 valence electrons. The van der Waals surface area contributed by atoms with Crippen LogP contribution in [0, 0.1) is 6.92 Å². The Kier molecular flexibility index (Phi) is 4.04. The predicted molar refractivity (Wildman–Crippen MR) is 67.2 cm³/mol. The third-order valence-electron chi connectivity index (χ3n) is 2.74. The zero-order chi connectivity index (χ0) is 14.8. The van der Waals surface area contributed by atoms with Gasteiger partial charge in [-0.2, -0.15) is 0 Å². The van der Waals surface area contributed by atoms with Crippen molar-refractivity contribution in [2.75, 3.05) is 0 Å². The van der Waals surface area contributed by atoms with E-state index in [-0.39, 0.29) is 11.8 Å². The molecule has 20 heavy (non-hydrogen) atoms. The molecule has 2 rings (SSSR count). The molecule has 0 saturated heterocycles. The Bertz CT molecular complexity index is 561. The van der Waals surface area contributed by atoms with Crippen LogP contribution in [-0.2, 0) is 6.42 Å². The van der Waals surface area contributed by atoms with E-state index in [1.165, 1.54) is 12.1 Å². The highest BCUT2D eigenvalue weighted by molar-refractivity contribution is 5.28. The molecule has 0 saturated carbocycles. The summed E-state index contributed by atoms with van der Waals surface area (Å²) in [4.78, 5) is 0. The van der Waals surface area contributed by atoms with Gasteiger partial charge in [0.1, 0.15) is 17.3 Å². The third kappa shape index (κ3) is 4.03. The lowest BCUT2D eigenvalue weighted by atomic mass is 10.0. The van der Waals surface area contributed by atoms with Crippen molar-refractivity contribution in [1.29, 1.82) is 0 Å². The summed E-state index contributed by atoms with van der Waals surface area (Å²) in [6.07, 6.45) is -4.21. The molecule has 0 spiro atoms. The van der Waals surface area contributed by atoms with E-state index in [2.05, 4.69) is 4.74 Å². The smallest absolute Gasteiger partial charge is 0.465 e. The van der Waals surface area contributed by atoms with Crippen molar-refractivity contribution in [2.24, 2.45) is 5.73 Å². The molecule has 1 aromatic carbocycles. The maximum absolute atomic E-state index is 12.0. The van der Waals surface area contributed by atoms with Gasteiger partial charge in [0.05, 0.1) is 6.04 Å². The quantitative estimate of drug-likeness (QED) is 0.931. The van der Waals surface area contributed by atoms with Crippen molar-refractivity contribution in [3.63, 3.8) is 0 Å². The monoisotopic (exact) mass is 285 g/mol. The summed E-state index contributed by atoms with van der Waals surface area (Å²) in [5.41, 5.74) is 6.78. The first kappa shape index (κ1) is 14.5. The number of rotatable bonds is 4. The molecule has 1 atom stereocenters. The minimum Gasteiger partial charge on any atom is -0.465 e. The van der Waals surface area contributed by atoms with E-state index in [1.54, 1.807) is 18.2 Å². The topological polar surface area (TPSA) is 48.4 Å². The Labute approximate surface area is 114 Å². The maximum atomic E-state index is 12.0. The molecular weight excluding hydrogens is 271 g/mol. The Morgan fingerprint density at radius 1 is 1.15 bits per heavy atom. The normalized spacial score (nSPS) is 13.2. The molecule has 6 heteroatoms. The van der Waals surface area contributed by atoms with Crippen molar-refractivity contribution in [3.8, 4) is 5.75 Å². The van der Waals surface area contributed by atoms with Crippen molar-refractivity contribution in [2.45, 2.75) is 25.7 Å². The standard InChI is InChI=1S/C14H14F3NO2/c1-9-2-7-13(19-9)12(18)8-10-3-5-11(6-4-10)20-14(15,16)17/h2-7,12H,8,18H2,1H3. The van der Waals surface area contributed by atoms with Crippen LogP contribution in [0.2, 0.25) is 0 Å². The highest BCUT2D eigenvalue weighted by Gasteiger charge is 2.30. The first-order chi connectivity index (χ1) is 9.33. The molecule has 3 nitrogen and oxygen atoms in total. The van der Waals surface area contributed by atoms with Crippen molar-refractivity contribution < 1.29 is 22.3 Å². The fourth-order valence-corrected chi connectivity index (χ4v) is 1.83. The first-order valence-corrected chi connectivity index (χ1v) is 6.00. The van der Waals surface area contributed by atoms with Crippen LogP contribution in [0.4, 0.5) is 13.2 Å². The summed E-state index contributed by atoms with van der Waals surface area (Å²) in [5, 5.41) is 0. The minimum absolute atomic E-state index is 0.247. The van der Waals surface area contributed by atoms with Gasteiger partial charge in [-0.15, -0.1) is 13.2 Å². The van der Waals surface area contributed by atoms with Crippen molar-refractivity contribution in [3.05, 3.63) is 53.5 Å². The highest BCUT2D eigenvalue weighted by Crippen LogP contribution is 2.24. The number of aryl methyl sites for hydroxylation is 1. The molecule has 2 N–H and O–H groups in total. The van der Waals surface area contributed by atoms with Crippen LogP contribution in [0.5, 0.6) is 5.75 Å². The highest BCUT2D eigenvalue weighted by atomic mass is 19.4. The molecule has 0 amide bonds. The number of nitrogens with two attached hydrogens (primary N) is 1. The van der Waals surface area contributed by atoms with Crippen LogP contribution in [0.3, 0.4) is 0 Å². The third-order valence-corrected chi connectivity index (χ3v) is 2.74. The number of ether oxygens (including phenoxy) is 1. The molecule has 1 heterocycles. The molecular formula is C14H14F3NO2. The van der Waals surface area contributed by atoms with Crippen LogP contribution in [0.15, 0.2) is 40.8 Å².